The molecule has 0 radical (unpaired) electrons. The highest BCUT2D eigenvalue weighted by Crippen LogP contribution is 2.25. The number of aromatic hydroxyl groups is 1. The minimum atomic E-state index is -0.0959. The number of benzene rings is 1. The van der Waals surface area contributed by atoms with Gasteiger partial charge in [0.15, 0.2) is 0 Å². The van der Waals surface area contributed by atoms with Crippen molar-refractivity contribution in [1.82, 2.24) is 5.32 Å². The van der Waals surface area contributed by atoms with Crippen LogP contribution in [0.15, 0.2) is 24.3 Å². The Bertz CT molecular complexity index is 434. The maximum atomic E-state index is 12.0. The van der Waals surface area contributed by atoms with Crippen LogP contribution in [0.2, 0.25) is 0 Å². The van der Waals surface area contributed by atoms with Crippen molar-refractivity contribution in [3.63, 3.8) is 0 Å². The van der Waals surface area contributed by atoms with Crippen LogP contribution < -0.4 is 11.1 Å². The van der Waals surface area contributed by atoms with Crippen LogP contribution in [0.4, 0.5) is 0 Å². The molecular weight excluding hydrogens is 228 g/mol. The fourth-order valence-electron chi connectivity index (χ4n) is 2.46. The lowest BCUT2D eigenvalue weighted by Crippen LogP contribution is -2.32. The van der Waals surface area contributed by atoms with Crippen molar-refractivity contribution in [2.45, 2.75) is 38.3 Å². The van der Waals surface area contributed by atoms with Gasteiger partial charge in [0, 0.05) is 12.0 Å². The second kappa shape index (κ2) is 5.40. The lowest BCUT2D eigenvalue weighted by molar-refractivity contribution is -0.125. The summed E-state index contributed by atoms with van der Waals surface area (Å²) in [6.07, 6.45) is 2.58. The fraction of sp³-hybridized carbons (Fsp3) is 0.500. The number of nitrogens with one attached hydrogen (secondary N) is 1. The quantitative estimate of drug-likeness (QED) is 0.762. The van der Waals surface area contributed by atoms with Gasteiger partial charge in [0.05, 0.1) is 6.04 Å². The van der Waals surface area contributed by atoms with Gasteiger partial charge in [0.25, 0.3) is 0 Å². The van der Waals surface area contributed by atoms with E-state index in [1.54, 1.807) is 18.2 Å². The Kier molecular flexibility index (Phi) is 3.87. The van der Waals surface area contributed by atoms with E-state index in [4.69, 9.17) is 5.73 Å². The molecule has 4 N–H and O–H groups in total. The van der Waals surface area contributed by atoms with E-state index in [1.807, 2.05) is 13.0 Å². The molecule has 1 saturated carbocycles. The van der Waals surface area contributed by atoms with Gasteiger partial charge in [0.1, 0.15) is 5.75 Å². The van der Waals surface area contributed by atoms with Crippen molar-refractivity contribution >= 4 is 5.91 Å². The highest BCUT2D eigenvalue weighted by molar-refractivity contribution is 5.79. The van der Waals surface area contributed by atoms with Crippen LogP contribution in [0, 0.1) is 5.92 Å². The van der Waals surface area contributed by atoms with Gasteiger partial charge in [-0.15, -0.1) is 0 Å². The zero-order valence-corrected chi connectivity index (χ0v) is 10.6. The number of hydrogen-bond acceptors (Lipinski definition) is 3. The maximum absolute atomic E-state index is 12.0. The number of carbonyl (C=O) groups is 1. The molecule has 3 unspecified atom stereocenters. The molecule has 3 atom stereocenters. The summed E-state index contributed by atoms with van der Waals surface area (Å²) in [7, 11) is 0. The SMILES string of the molecule is CC(NC(=O)C1CCC(N)C1)c1cccc(O)c1. The highest BCUT2D eigenvalue weighted by Gasteiger charge is 2.28. The first-order chi connectivity index (χ1) is 8.56. The number of rotatable bonds is 3. The van der Waals surface area contributed by atoms with Gasteiger partial charge in [-0.05, 0) is 43.9 Å². The zero-order chi connectivity index (χ0) is 13.1. The standard InChI is InChI=1S/C14H20N2O2/c1-9(10-3-2-4-13(17)8-10)16-14(18)11-5-6-12(15)7-11/h2-4,8-9,11-12,17H,5-7,15H2,1H3,(H,16,18). The molecule has 1 aliphatic rings. The number of hydrogen-bond donors (Lipinski definition) is 3. The Balaban J connectivity index is 1.95. The van der Waals surface area contributed by atoms with Crippen LogP contribution >= 0.6 is 0 Å². The lowest BCUT2D eigenvalue weighted by Gasteiger charge is -2.17. The van der Waals surface area contributed by atoms with Crippen molar-refractivity contribution < 1.29 is 9.90 Å². The third kappa shape index (κ3) is 3.01. The van der Waals surface area contributed by atoms with Crippen molar-refractivity contribution in [2.24, 2.45) is 11.7 Å². The summed E-state index contributed by atoms with van der Waals surface area (Å²) in [6, 6.07) is 7.03. The van der Waals surface area contributed by atoms with Gasteiger partial charge in [-0.1, -0.05) is 12.1 Å². The van der Waals surface area contributed by atoms with Gasteiger partial charge in [0.2, 0.25) is 5.91 Å². The summed E-state index contributed by atoms with van der Waals surface area (Å²) in [5.74, 6) is 0.329. The molecule has 1 fully saturated rings. The van der Waals surface area contributed by atoms with E-state index in [0.29, 0.717) is 0 Å². The molecule has 0 heterocycles. The summed E-state index contributed by atoms with van der Waals surface area (Å²) in [5.41, 5.74) is 6.72. The molecular formula is C14H20N2O2. The van der Waals surface area contributed by atoms with Crippen molar-refractivity contribution in [2.75, 3.05) is 0 Å². The van der Waals surface area contributed by atoms with Crippen molar-refractivity contribution in [3.8, 4) is 5.75 Å². The first-order valence-electron chi connectivity index (χ1n) is 6.41. The average molecular weight is 248 g/mol. The minimum Gasteiger partial charge on any atom is -0.508 e. The maximum Gasteiger partial charge on any atom is 0.223 e. The van der Waals surface area contributed by atoms with Gasteiger partial charge >= 0.3 is 0 Å². The van der Waals surface area contributed by atoms with Gasteiger partial charge in [-0.25, -0.2) is 0 Å². The summed E-state index contributed by atoms with van der Waals surface area (Å²) in [5, 5.41) is 12.4. The largest absolute Gasteiger partial charge is 0.508 e. The Morgan fingerprint density at radius 2 is 2.28 bits per heavy atom. The smallest absolute Gasteiger partial charge is 0.223 e. The van der Waals surface area contributed by atoms with Crippen LogP contribution in [0.25, 0.3) is 0 Å². The molecule has 2 rings (SSSR count). The van der Waals surface area contributed by atoms with Crippen LogP contribution in [0.3, 0.4) is 0 Å². The first kappa shape index (κ1) is 12.9. The Morgan fingerprint density at radius 3 is 2.89 bits per heavy atom. The molecule has 1 aromatic rings. The molecule has 0 saturated heterocycles. The zero-order valence-electron chi connectivity index (χ0n) is 10.6. The van der Waals surface area contributed by atoms with E-state index in [9.17, 15) is 9.90 Å². The van der Waals surface area contributed by atoms with Crippen LogP contribution in [-0.4, -0.2) is 17.1 Å². The fourth-order valence-corrected chi connectivity index (χ4v) is 2.46. The second-order valence-corrected chi connectivity index (χ2v) is 5.10. The van der Waals surface area contributed by atoms with E-state index in [1.165, 1.54) is 0 Å². The van der Waals surface area contributed by atoms with Crippen molar-refractivity contribution in [3.05, 3.63) is 29.8 Å². The van der Waals surface area contributed by atoms with E-state index in [2.05, 4.69) is 5.32 Å². The molecule has 0 bridgehead atoms. The highest BCUT2D eigenvalue weighted by atomic mass is 16.3. The Hall–Kier alpha value is -1.55. The van der Waals surface area contributed by atoms with E-state index in [0.717, 1.165) is 24.8 Å². The molecule has 98 valence electrons. The summed E-state index contributed by atoms with van der Waals surface area (Å²) >= 11 is 0. The minimum absolute atomic E-state index is 0.0414. The molecule has 4 heteroatoms. The second-order valence-electron chi connectivity index (χ2n) is 5.10. The molecule has 1 amide bonds. The molecule has 18 heavy (non-hydrogen) atoms. The molecule has 1 aromatic carbocycles. The summed E-state index contributed by atoms with van der Waals surface area (Å²) in [6.45, 7) is 1.92. The van der Waals surface area contributed by atoms with Gasteiger partial charge in [-0.3, -0.25) is 4.79 Å². The predicted octanol–water partition coefficient (Wildman–Crippen LogP) is 1.70. The lowest BCUT2D eigenvalue weighted by atomic mass is 10.0. The monoisotopic (exact) mass is 248 g/mol. The third-order valence-electron chi connectivity index (χ3n) is 3.57. The van der Waals surface area contributed by atoms with Crippen molar-refractivity contribution in [1.29, 1.82) is 0 Å². The summed E-state index contributed by atoms with van der Waals surface area (Å²) in [4.78, 5) is 12.0. The topological polar surface area (TPSA) is 75.4 Å². The Morgan fingerprint density at radius 1 is 1.50 bits per heavy atom. The molecule has 4 nitrogen and oxygen atoms in total. The molecule has 0 aliphatic heterocycles. The molecule has 1 aliphatic carbocycles. The number of phenolic OH excluding ortho intramolecular Hbond substituents is 1. The average Bonchev–Trinajstić information content (AvgIpc) is 2.76. The number of phenols is 1. The normalized spacial score (nSPS) is 24.8. The number of nitrogens with two attached hydrogens (primary N) is 1. The van der Waals surface area contributed by atoms with E-state index < -0.39 is 0 Å². The van der Waals surface area contributed by atoms with E-state index >= 15 is 0 Å². The summed E-state index contributed by atoms with van der Waals surface area (Å²) < 4.78 is 0. The number of amides is 1. The third-order valence-corrected chi connectivity index (χ3v) is 3.57. The molecule has 0 spiro atoms. The number of carbonyl (C=O) groups excluding carboxylic acids is 1. The van der Waals surface area contributed by atoms with Gasteiger partial charge in [-0.2, -0.15) is 0 Å². The van der Waals surface area contributed by atoms with E-state index in [-0.39, 0.29) is 29.7 Å². The predicted molar refractivity (Wildman–Crippen MR) is 70.0 cm³/mol. The molecule has 0 aromatic heterocycles. The van der Waals surface area contributed by atoms with Gasteiger partial charge < -0.3 is 16.2 Å². The Labute approximate surface area is 107 Å². The van der Waals surface area contributed by atoms with Crippen LogP contribution in [0.5, 0.6) is 5.75 Å². The van der Waals surface area contributed by atoms with Crippen LogP contribution in [-0.2, 0) is 4.79 Å². The van der Waals surface area contributed by atoms with Crippen LogP contribution in [0.1, 0.15) is 37.8 Å². The first-order valence-corrected chi connectivity index (χ1v) is 6.41.